The average molecular weight is 226 g/mol. The van der Waals surface area contributed by atoms with Crippen molar-refractivity contribution in [2.24, 2.45) is 0 Å². The number of halogens is 1. The second-order valence-electron chi connectivity index (χ2n) is 3.98. The largest absolute Gasteiger partial charge is 0.315 e. The van der Waals surface area contributed by atoms with Crippen molar-refractivity contribution in [2.45, 2.75) is 25.8 Å². The lowest BCUT2D eigenvalue weighted by Crippen LogP contribution is -2.50. The van der Waals surface area contributed by atoms with Gasteiger partial charge in [0.1, 0.15) is 0 Å². The van der Waals surface area contributed by atoms with Gasteiger partial charge in [0.25, 0.3) is 0 Å². The molecule has 0 radical (unpaired) electrons. The second-order valence-corrected chi connectivity index (χ2v) is 5.73. The summed E-state index contributed by atoms with van der Waals surface area (Å²) in [4.78, 5) is 0. The highest BCUT2D eigenvalue weighted by Gasteiger charge is 2.21. The van der Waals surface area contributed by atoms with Gasteiger partial charge in [-0.2, -0.15) is 0 Å². The number of hydrogen-bond donors (Lipinski definition) is 2. The normalized spacial score (nSPS) is 13.1. The van der Waals surface area contributed by atoms with E-state index in [-0.39, 0.29) is 6.67 Å². The first kappa shape index (κ1) is 13.8. The molecule has 0 unspecified atom stereocenters. The molecule has 14 heavy (non-hydrogen) atoms. The van der Waals surface area contributed by atoms with Crippen LogP contribution < -0.4 is 10.0 Å². The Bertz CT molecular complexity index is 252. The molecule has 0 spiro atoms. The summed E-state index contributed by atoms with van der Waals surface area (Å²) < 4.78 is 36.1. The van der Waals surface area contributed by atoms with Crippen molar-refractivity contribution < 1.29 is 12.8 Å². The summed E-state index contributed by atoms with van der Waals surface area (Å²) in [6.07, 6.45) is 1.57. The van der Waals surface area contributed by atoms with Crippen LogP contribution in [0.15, 0.2) is 0 Å². The quantitative estimate of drug-likeness (QED) is 0.612. The van der Waals surface area contributed by atoms with E-state index in [1.807, 2.05) is 0 Å². The highest BCUT2D eigenvalue weighted by atomic mass is 32.2. The molecule has 0 aromatic rings. The van der Waals surface area contributed by atoms with Gasteiger partial charge in [0.05, 0.1) is 12.9 Å². The van der Waals surface area contributed by atoms with Crippen LogP contribution in [0.3, 0.4) is 0 Å². The Kier molecular flexibility index (Phi) is 5.54. The number of hydrogen-bond acceptors (Lipinski definition) is 3. The van der Waals surface area contributed by atoms with Gasteiger partial charge in [-0.25, -0.2) is 13.1 Å². The van der Waals surface area contributed by atoms with Crippen LogP contribution in [0, 0.1) is 0 Å². The molecule has 86 valence electrons. The molecule has 0 aromatic carbocycles. The zero-order valence-corrected chi connectivity index (χ0v) is 9.75. The Morgan fingerprint density at radius 2 is 1.93 bits per heavy atom. The molecule has 0 atom stereocenters. The summed E-state index contributed by atoms with van der Waals surface area (Å²) in [5.41, 5.74) is -0.538. The van der Waals surface area contributed by atoms with Crippen molar-refractivity contribution in [3.05, 3.63) is 0 Å². The standard InChI is InChI=1S/C8H19FN2O2S/c1-8(2,11-14(3,12)13)7-10-6-4-5-9/h10-11H,4-7H2,1-3H3. The van der Waals surface area contributed by atoms with Gasteiger partial charge in [-0.3, -0.25) is 4.39 Å². The molecular weight excluding hydrogens is 207 g/mol. The molecule has 2 N–H and O–H groups in total. The summed E-state index contributed by atoms with van der Waals surface area (Å²) in [5, 5.41) is 2.98. The summed E-state index contributed by atoms with van der Waals surface area (Å²) >= 11 is 0. The Morgan fingerprint density at radius 1 is 1.36 bits per heavy atom. The van der Waals surface area contributed by atoms with Crippen molar-refractivity contribution >= 4 is 10.0 Å². The molecule has 0 heterocycles. The second kappa shape index (κ2) is 5.63. The van der Waals surface area contributed by atoms with Crippen molar-refractivity contribution in [1.82, 2.24) is 10.0 Å². The van der Waals surface area contributed by atoms with Crippen LogP contribution in [0.2, 0.25) is 0 Å². The molecule has 0 saturated carbocycles. The first-order chi connectivity index (χ1) is 6.27. The fraction of sp³-hybridized carbons (Fsp3) is 1.00. The third-order valence-electron chi connectivity index (χ3n) is 1.52. The molecular formula is C8H19FN2O2S. The molecule has 0 aliphatic heterocycles. The third-order valence-corrected chi connectivity index (χ3v) is 2.44. The average Bonchev–Trinajstić information content (AvgIpc) is 1.93. The fourth-order valence-electron chi connectivity index (χ4n) is 1.13. The number of sulfonamides is 1. The highest BCUT2D eigenvalue weighted by molar-refractivity contribution is 7.88. The Balaban J connectivity index is 3.84. The van der Waals surface area contributed by atoms with E-state index < -0.39 is 15.6 Å². The predicted octanol–water partition coefficient (Wildman–Crippen LogP) is 0.263. The van der Waals surface area contributed by atoms with Crippen molar-refractivity contribution in [1.29, 1.82) is 0 Å². The summed E-state index contributed by atoms with van der Waals surface area (Å²) in [5.74, 6) is 0. The fourth-order valence-corrected chi connectivity index (χ4v) is 2.21. The Labute approximate surface area is 85.3 Å². The van der Waals surface area contributed by atoms with Gasteiger partial charge in [0, 0.05) is 12.1 Å². The minimum Gasteiger partial charge on any atom is -0.315 e. The molecule has 0 aliphatic rings. The molecule has 6 heteroatoms. The van der Waals surface area contributed by atoms with Crippen LogP contribution >= 0.6 is 0 Å². The van der Waals surface area contributed by atoms with Crippen LogP contribution in [-0.2, 0) is 10.0 Å². The maximum atomic E-state index is 11.7. The minimum absolute atomic E-state index is 0.354. The smallest absolute Gasteiger partial charge is 0.209 e. The highest BCUT2D eigenvalue weighted by Crippen LogP contribution is 2.01. The van der Waals surface area contributed by atoms with Crippen molar-refractivity contribution in [3.8, 4) is 0 Å². The van der Waals surface area contributed by atoms with E-state index in [0.29, 0.717) is 19.5 Å². The van der Waals surface area contributed by atoms with Gasteiger partial charge in [0.15, 0.2) is 0 Å². The lowest BCUT2D eigenvalue weighted by Gasteiger charge is -2.25. The first-order valence-electron chi connectivity index (χ1n) is 4.52. The van der Waals surface area contributed by atoms with Gasteiger partial charge in [0.2, 0.25) is 10.0 Å². The van der Waals surface area contributed by atoms with E-state index in [2.05, 4.69) is 10.0 Å². The van der Waals surface area contributed by atoms with Crippen molar-refractivity contribution in [2.75, 3.05) is 26.0 Å². The van der Waals surface area contributed by atoms with E-state index in [4.69, 9.17) is 0 Å². The van der Waals surface area contributed by atoms with E-state index in [9.17, 15) is 12.8 Å². The maximum Gasteiger partial charge on any atom is 0.209 e. The molecule has 0 rings (SSSR count). The van der Waals surface area contributed by atoms with Crippen molar-refractivity contribution in [3.63, 3.8) is 0 Å². The zero-order chi connectivity index (χ0) is 11.2. The van der Waals surface area contributed by atoms with Gasteiger partial charge in [-0.15, -0.1) is 0 Å². The number of rotatable bonds is 7. The van der Waals surface area contributed by atoms with Crippen LogP contribution in [0.25, 0.3) is 0 Å². The third kappa shape index (κ3) is 8.40. The minimum atomic E-state index is -3.19. The summed E-state index contributed by atoms with van der Waals surface area (Å²) in [6.45, 7) is 4.24. The van der Waals surface area contributed by atoms with Gasteiger partial charge < -0.3 is 5.32 Å². The zero-order valence-electron chi connectivity index (χ0n) is 8.93. The Morgan fingerprint density at radius 3 is 2.36 bits per heavy atom. The van der Waals surface area contributed by atoms with E-state index in [1.165, 1.54) is 0 Å². The van der Waals surface area contributed by atoms with Crippen LogP contribution in [0.4, 0.5) is 4.39 Å². The van der Waals surface area contributed by atoms with Gasteiger partial charge >= 0.3 is 0 Å². The van der Waals surface area contributed by atoms with Crippen LogP contribution in [0.1, 0.15) is 20.3 Å². The van der Waals surface area contributed by atoms with E-state index in [0.717, 1.165) is 6.26 Å². The monoisotopic (exact) mass is 226 g/mol. The number of nitrogens with one attached hydrogen (secondary N) is 2. The first-order valence-corrected chi connectivity index (χ1v) is 6.42. The predicted molar refractivity (Wildman–Crippen MR) is 55.5 cm³/mol. The SMILES string of the molecule is CC(C)(CNCCCF)NS(C)(=O)=O. The lowest BCUT2D eigenvalue weighted by molar-refractivity contribution is 0.403. The molecule has 0 bridgehead atoms. The molecule has 0 aliphatic carbocycles. The van der Waals surface area contributed by atoms with E-state index >= 15 is 0 Å². The topological polar surface area (TPSA) is 58.2 Å². The maximum absolute atomic E-state index is 11.7. The van der Waals surface area contributed by atoms with Crippen LogP contribution in [0.5, 0.6) is 0 Å². The molecule has 4 nitrogen and oxygen atoms in total. The molecule has 0 amide bonds. The molecule has 0 saturated heterocycles. The van der Waals surface area contributed by atoms with Gasteiger partial charge in [-0.05, 0) is 26.8 Å². The summed E-state index contributed by atoms with van der Waals surface area (Å²) in [7, 11) is -3.19. The van der Waals surface area contributed by atoms with E-state index in [1.54, 1.807) is 13.8 Å². The Hall–Kier alpha value is -0.200. The van der Waals surface area contributed by atoms with Crippen LogP contribution in [-0.4, -0.2) is 40.0 Å². The van der Waals surface area contributed by atoms with Gasteiger partial charge in [-0.1, -0.05) is 0 Å². The molecule has 0 fully saturated rings. The lowest BCUT2D eigenvalue weighted by atomic mass is 10.1. The molecule has 0 aromatic heterocycles. The summed E-state index contributed by atoms with van der Waals surface area (Å²) in [6, 6.07) is 0. The number of alkyl halides is 1.